The molecule has 1 fully saturated rings. The van der Waals surface area contributed by atoms with Crippen LogP contribution in [-0.4, -0.2) is 51.2 Å². The average Bonchev–Trinajstić information content (AvgIpc) is 2.93. The van der Waals surface area contributed by atoms with Crippen molar-refractivity contribution in [1.29, 1.82) is 0 Å². The van der Waals surface area contributed by atoms with Crippen LogP contribution in [0.5, 0.6) is 0 Å². The van der Waals surface area contributed by atoms with E-state index in [1.54, 1.807) is 11.0 Å². The molecule has 20 heavy (non-hydrogen) atoms. The van der Waals surface area contributed by atoms with Gasteiger partial charge in [0.05, 0.1) is 18.2 Å². The van der Waals surface area contributed by atoms with E-state index < -0.39 is 5.97 Å². The van der Waals surface area contributed by atoms with Crippen molar-refractivity contribution in [3.63, 3.8) is 0 Å². The summed E-state index contributed by atoms with van der Waals surface area (Å²) in [6.45, 7) is 0.580. The van der Waals surface area contributed by atoms with Crippen molar-refractivity contribution in [1.82, 2.24) is 9.88 Å². The van der Waals surface area contributed by atoms with Crippen LogP contribution in [-0.2, 0) is 4.79 Å². The van der Waals surface area contributed by atoms with Crippen LogP contribution in [0.3, 0.4) is 0 Å². The molecule has 0 saturated carbocycles. The number of carbonyl (C=O) groups is 2. The number of pyridine rings is 1. The zero-order chi connectivity index (χ0) is 14.5. The van der Waals surface area contributed by atoms with E-state index in [1.165, 1.54) is 18.5 Å². The molecule has 2 rings (SSSR count). The fourth-order valence-corrected chi connectivity index (χ4v) is 2.29. The number of hydrogen-bond donors (Lipinski definition) is 2. The molecule has 0 bridgehead atoms. The van der Waals surface area contributed by atoms with Gasteiger partial charge in [-0.25, -0.2) is 4.79 Å². The fraction of sp³-hybridized carbons (Fsp3) is 0.357. The topological polar surface area (TPSA) is 90.7 Å². The van der Waals surface area contributed by atoms with Crippen LogP contribution in [0.4, 0.5) is 0 Å². The minimum atomic E-state index is -1.05. The molecule has 106 valence electrons. The highest BCUT2D eigenvalue weighted by Crippen LogP contribution is 2.20. The van der Waals surface area contributed by atoms with Gasteiger partial charge in [0.25, 0.3) is 5.91 Å². The second kappa shape index (κ2) is 6.29. The minimum absolute atomic E-state index is 0.0439. The number of amides is 1. The third-order valence-corrected chi connectivity index (χ3v) is 3.27. The fourth-order valence-electron chi connectivity index (χ4n) is 2.29. The number of aliphatic hydroxyl groups is 1. The first kappa shape index (κ1) is 14.2. The first-order chi connectivity index (χ1) is 9.61. The van der Waals surface area contributed by atoms with Gasteiger partial charge in [-0.15, -0.1) is 0 Å². The van der Waals surface area contributed by atoms with Crippen LogP contribution in [0, 0.1) is 0 Å². The summed E-state index contributed by atoms with van der Waals surface area (Å²) in [6.07, 6.45) is 7.01. The maximum Gasteiger partial charge on any atom is 0.328 e. The number of aliphatic hydroxyl groups excluding tert-OH is 1. The van der Waals surface area contributed by atoms with E-state index in [4.69, 9.17) is 5.11 Å². The number of nitrogens with zero attached hydrogens (tertiary/aromatic N) is 2. The zero-order valence-electron chi connectivity index (χ0n) is 10.9. The number of aromatic nitrogens is 1. The lowest BCUT2D eigenvalue weighted by Gasteiger charge is -2.22. The molecule has 1 amide bonds. The van der Waals surface area contributed by atoms with Gasteiger partial charge in [-0.1, -0.05) is 0 Å². The van der Waals surface area contributed by atoms with Gasteiger partial charge in [-0.2, -0.15) is 0 Å². The van der Waals surface area contributed by atoms with Crippen molar-refractivity contribution in [2.75, 3.05) is 13.2 Å². The van der Waals surface area contributed by atoms with Crippen molar-refractivity contribution in [2.45, 2.75) is 18.9 Å². The van der Waals surface area contributed by atoms with Gasteiger partial charge in [0.15, 0.2) is 0 Å². The van der Waals surface area contributed by atoms with Crippen LogP contribution >= 0.6 is 0 Å². The Bertz CT molecular complexity index is 542. The van der Waals surface area contributed by atoms with E-state index in [-0.39, 0.29) is 18.6 Å². The Morgan fingerprint density at radius 3 is 2.95 bits per heavy atom. The zero-order valence-corrected chi connectivity index (χ0v) is 10.9. The smallest absolute Gasteiger partial charge is 0.328 e. The standard InChI is InChI=1S/C14H16N2O4/c17-9-12-2-1-5-16(12)14(20)11-6-10(7-15-8-11)3-4-13(18)19/h3-4,6-8,12,17H,1-2,5,9H2,(H,18,19). The van der Waals surface area contributed by atoms with Crippen molar-refractivity contribution in [2.24, 2.45) is 0 Å². The second-order valence-electron chi connectivity index (χ2n) is 4.66. The molecule has 2 heterocycles. The molecule has 6 nitrogen and oxygen atoms in total. The highest BCUT2D eigenvalue weighted by Gasteiger charge is 2.28. The van der Waals surface area contributed by atoms with Crippen LogP contribution in [0.15, 0.2) is 24.5 Å². The predicted molar refractivity (Wildman–Crippen MR) is 72.1 cm³/mol. The molecule has 1 aliphatic rings. The number of carboxylic acids is 1. The number of aliphatic carboxylic acids is 1. The Morgan fingerprint density at radius 1 is 1.45 bits per heavy atom. The van der Waals surface area contributed by atoms with Gasteiger partial charge in [0.1, 0.15) is 0 Å². The number of carboxylic acid groups (broad SMARTS) is 1. The van der Waals surface area contributed by atoms with Crippen molar-refractivity contribution in [3.8, 4) is 0 Å². The van der Waals surface area contributed by atoms with E-state index in [0.29, 0.717) is 17.7 Å². The van der Waals surface area contributed by atoms with Crippen LogP contribution in [0.2, 0.25) is 0 Å². The molecule has 1 saturated heterocycles. The molecule has 0 aliphatic carbocycles. The molecular weight excluding hydrogens is 260 g/mol. The van der Waals surface area contributed by atoms with Crippen molar-refractivity contribution in [3.05, 3.63) is 35.7 Å². The third-order valence-electron chi connectivity index (χ3n) is 3.27. The molecule has 1 aromatic heterocycles. The van der Waals surface area contributed by atoms with Crippen molar-refractivity contribution < 1.29 is 19.8 Å². The lowest BCUT2D eigenvalue weighted by molar-refractivity contribution is -0.131. The number of likely N-dealkylation sites (tertiary alicyclic amines) is 1. The van der Waals surface area contributed by atoms with Crippen LogP contribution < -0.4 is 0 Å². The first-order valence-electron chi connectivity index (χ1n) is 6.39. The molecular formula is C14H16N2O4. The van der Waals surface area contributed by atoms with Gasteiger partial charge in [0, 0.05) is 25.0 Å². The molecule has 6 heteroatoms. The van der Waals surface area contributed by atoms with Gasteiger partial charge >= 0.3 is 5.97 Å². The monoisotopic (exact) mass is 276 g/mol. The molecule has 1 unspecified atom stereocenters. The summed E-state index contributed by atoms with van der Waals surface area (Å²) in [7, 11) is 0. The Morgan fingerprint density at radius 2 is 2.25 bits per heavy atom. The lowest BCUT2D eigenvalue weighted by atomic mass is 10.1. The maximum atomic E-state index is 12.3. The molecule has 0 radical (unpaired) electrons. The summed E-state index contributed by atoms with van der Waals surface area (Å²) in [6, 6.07) is 1.46. The third kappa shape index (κ3) is 3.21. The van der Waals surface area contributed by atoms with Crippen molar-refractivity contribution >= 4 is 18.0 Å². The van der Waals surface area contributed by atoms with E-state index >= 15 is 0 Å². The quantitative estimate of drug-likeness (QED) is 0.793. The summed E-state index contributed by atoms with van der Waals surface area (Å²) in [5.41, 5.74) is 0.955. The number of rotatable bonds is 4. The van der Waals surface area contributed by atoms with Gasteiger partial charge in [-0.05, 0) is 30.5 Å². The Balaban J connectivity index is 2.18. The largest absolute Gasteiger partial charge is 0.478 e. The molecule has 1 aromatic rings. The minimum Gasteiger partial charge on any atom is -0.478 e. The Kier molecular flexibility index (Phi) is 4.47. The molecule has 0 spiro atoms. The molecule has 0 aromatic carbocycles. The summed E-state index contributed by atoms with van der Waals surface area (Å²) >= 11 is 0. The van der Waals surface area contributed by atoms with Gasteiger partial charge in [0.2, 0.25) is 0 Å². The summed E-state index contributed by atoms with van der Waals surface area (Å²) in [5.74, 6) is -1.23. The normalized spacial score (nSPS) is 18.6. The Labute approximate surface area is 116 Å². The average molecular weight is 276 g/mol. The molecule has 2 N–H and O–H groups in total. The van der Waals surface area contributed by atoms with Crippen LogP contribution in [0.1, 0.15) is 28.8 Å². The number of carbonyl (C=O) groups excluding carboxylic acids is 1. The van der Waals surface area contributed by atoms with Crippen LogP contribution in [0.25, 0.3) is 6.08 Å². The molecule has 1 atom stereocenters. The second-order valence-corrected chi connectivity index (χ2v) is 4.66. The highest BCUT2D eigenvalue weighted by atomic mass is 16.4. The first-order valence-corrected chi connectivity index (χ1v) is 6.39. The summed E-state index contributed by atoms with van der Waals surface area (Å²) < 4.78 is 0. The highest BCUT2D eigenvalue weighted by molar-refractivity contribution is 5.95. The number of hydrogen-bond acceptors (Lipinski definition) is 4. The Hall–Kier alpha value is -2.21. The van der Waals surface area contributed by atoms with Gasteiger partial charge < -0.3 is 15.1 Å². The molecule has 1 aliphatic heterocycles. The lowest BCUT2D eigenvalue weighted by Crippen LogP contribution is -2.37. The summed E-state index contributed by atoms with van der Waals surface area (Å²) in [5, 5.41) is 17.8. The predicted octanol–water partition coefficient (Wildman–Crippen LogP) is 0.776. The van der Waals surface area contributed by atoms with E-state index in [2.05, 4.69) is 4.98 Å². The summed E-state index contributed by atoms with van der Waals surface area (Å²) in [4.78, 5) is 28.4. The maximum absolute atomic E-state index is 12.3. The SMILES string of the molecule is O=C(O)C=Cc1cncc(C(=O)N2CCCC2CO)c1. The van der Waals surface area contributed by atoms with E-state index in [0.717, 1.165) is 18.9 Å². The van der Waals surface area contributed by atoms with E-state index in [9.17, 15) is 14.7 Å². The van der Waals surface area contributed by atoms with E-state index in [1.807, 2.05) is 0 Å². The van der Waals surface area contributed by atoms with Gasteiger partial charge in [-0.3, -0.25) is 9.78 Å².